The number of rotatable bonds is 6. The summed E-state index contributed by atoms with van der Waals surface area (Å²) in [7, 11) is 0. The second kappa shape index (κ2) is 10.8. The van der Waals surface area contributed by atoms with Gasteiger partial charge in [0.05, 0.1) is 23.2 Å². The number of alkyl halides is 3. The van der Waals surface area contributed by atoms with Crippen molar-refractivity contribution in [2.45, 2.75) is 63.4 Å². The molecule has 1 aromatic rings. The third-order valence-electron chi connectivity index (χ3n) is 7.98. The Bertz CT molecular complexity index is 1160. The first-order chi connectivity index (χ1) is 18.2. The van der Waals surface area contributed by atoms with Gasteiger partial charge in [0.25, 0.3) is 0 Å². The van der Waals surface area contributed by atoms with Gasteiger partial charge in [-0.25, -0.2) is 4.79 Å². The number of aliphatic hydroxyl groups excluding tert-OH is 1. The molecule has 4 rings (SSSR count). The Balaban J connectivity index is 1.35. The molecule has 0 radical (unpaired) electrons. The number of piperazine rings is 1. The molecule has 1 saturated carbocycles. The summed E-state index contributed by atoms with van der Waals surface area (Å²) in [5.41, 5.74) is 4.42. The summed E-state index contributed by atoms with van der Waals surface area (Å²) in [5, 5.41) is 12.1. The van der Waals surface area contributed by atoms with Gasteiger partial charge in [-0.2, -0.15) is 13.2 Å². The maximum absolute atomic E-state index is 13.1. The standard InChI is InChI=1S/C25H31ClF3N5O5/c1-14-22(38)33(9-2-3-20(36)32-10-8-24(6-7-24)19(35)13-32)18(21(30)37)12-34(14)23(39)31-15-4-5-16(17(26)11-15)25(27,28)29/h4-5,11,14,18-19,35H,2-3,6-10,12-13H2,1H3,(H2,30,37)(H,31,39)/t14-,18-,19-/m1/s1. The number of nitrogens with zero attached hydrogens (tertiary/aromatic N) is 3. The van der Waals surface area contributed by atoms with Gasteiger partial charge in [-0.15, -0.1) is 0 Å². The Labute approximate surface area is 228 Å². The lowest BCUT2D eigenvalue weighted by Crippen LogP contribution is -2.66. The molecular formula is C25H31ClF3N5O5. The van der Waals surface area contributed by atoms with Crippen molar-refractivity contribution in [2.24, 2.45) is 11.1 Å². The van der Waals surface area contributed by atoms with E-state index in [1.807, 2.05) is 0 Å². The van der Waals surface area contributed by atoms with Gasteiger partial charge < -0.3 is 30.9 Å². The number of aliphatic hydroxyl groups is 1. The molecule has 10 nitrogen and oxygen atoms in total. The molecule has 0 unspecified atom stereocenters. The number of carbonyl (C=O) groups is 4. The number of likely N-dealkylation sites (tertiary alicyclic amines) is 1. The summed E-state index contributed by atoms with van der Waals surface area (Å²) in [4.78, 5) is 54.9. The molecule has 0 aromatic heterocycles. The van der Waals surface area contributed by atoms with Crippen LogP contribution in [0.15, 0.2) is 18.2 Å². The maximum atomic E-state index is 13.1. The molecule has 2 aliphatic heterocycles. The van der Waals surface area contributed by atoms with Crippen LogP contribution >= 0.6 is 11.6 Å². The highest BCUT2D eigenvalue weighted by molar-refractivity contribution is 6.31. The molecule has 1 spiro atoms. The average Bonchev–Trinajstić information content (AvgIpc) is 3.63. The van der Waals surface area contributed by atoms with Crippen molar-refractivity contribution < 1.29 is 37.5 Å². The first kappa shape index (κ1) is 28.9. The predicted octanol–water partition coefficient (Wildman–Crippen LogP) is 2.43. The highest BCUT2D eigenvalue weighted by Gasteiger charge is 2.51. The van der Waals surface area contributed by atoms with Crippen LogP contribution in [0.25, 0.3) is 0 Å². The molecule has 0 bridgehead atoms. The van der Waals surface area contributed by atoms with Crippen LogP contribution in [0.2, 0.25) is 5.02 Å². The summed E-state index contributed by atoms with van der Waals surface area (Å²) in [6.45, 7) is 2.15. The third kappa shape index (κ3) is 6.08. The van der Waals surface area contributed by atoms with Crippen molar-refractivity contribution in [1.29, 1.82) is 0 Å². The van der Waals surface area contributed by atoms with E-state index in [2.05, 4.69) is 5.32 Å². The van der Waals surface area contributed by atoms with Crippen molar-refractivity contribution >= 4 is 41.0 Å². The molecule has 214 valence electrons. The maximum Gasteiger partial charge on any atom is 0.417 e. The summed E-state index contributed by atoms with van der Waals surface area (Å²) in [6, 6.07) is -0.273. The van der Waals surface area contributed by atoms with Crippen LogP contribution in [-0.4, -0.2) is 87.9 Å². The first-order valence-corrected chi connectivity index (χ1v) is 13.1. The van der Waals surface area contributed by atoms with Crippen molar-refractivity contribution in [2.75, 3.05) is 31.5 Å². The molecule has 3 fully saturated rings. The fraction of sp³-hybridized carbons (Fsp3) is 0.600. The van der Waals surface area contributed by atoms with Crippen molar-refractivity contribution in [3.63, 3.8) is 0 Å². The van der Waals surface area contributed by atoms with Gasteiger partial charge in [-0.05, 0) is 56.2 Å². The molecule has 39 heavy (non-hydrogen) atoms. The number of benzene rings is 1. The molecule has 2 saturated heterocycles. The molecule has 3 atom stereocenters. The van der Waals surface area contributed by atoms with Crippen LogP contribution in [0.5, 0.6) is 0 Å². The number of hydrogen-bond acceptors (Lipinski definition) is 5. The van der Waals surface area contributed by atoms with E-state index in [9.17, 15) is 37.5 Å². The topological polar surface area (TPSA) is 136 Å². The molecule has 14 heteroatoms. The van der Waals surface area contributed by atoms with Crippen molar-refractivity contribution in [3.8, 4) is 0 Å². The SMILES string of the molecule is C[C@@H]1C(=O)N(CCCC(=O)N2CCC3(CC3)[C@H](O)C2)[C@@H](C(N)=O)CN1C(=O)Nc1ccc(C(F)(F)F)c(Cl)c1. The molecule has 1 aliphatic carbocycles. The highest BCUT2D eigenvalue weighted by atomic mass is 35.5. The van der Waals surface area contributed by atoms with E-state index in [4.69, 9.17) is 17.3 Å². The molecular weight excluding hydrogens is 543 g/mol. The van der Waals surface area contributed by atoms with Crippen LogP contribution in [0.3, 0.4) is 0 Å². The second-order valence-corrected chi connectivity index (χ2v) is 10.9. The monoisotopic (exact) mass is 573 g/mol. The number of halogens is 4. The molecule has 2 heterocycles. The lowest BCUT2D eigenvalue weighted by molar-refractivity contribution is -0.148. The van der Waals surface area contributed by atoms with E-state index in [1.165, 1.54) is 11.8 Å². The van der Waals surface area contributed by atoms with Gasteiger partial charge in [0.15, 0.2) is 0 Å². The van der Waals surface area contributed by atoms with E-state index < -0.39 is 52.8 Å². The number of primary amides is 1. The lowest BCUT2D eigenvalue weighted by atomic mass is 9.90. The van der Waals surface area contributed by atoms with E-state index in [1.54, 1.807) is 4.90 Å². The molecule has 3 aliphatic rings. The van der Waals surface area contributed by atoms with Gasteiger partial charge in [0.1, 0.15) is 12.1 Å². The highest BCUT2D eigenvalue weighted by Crippen LogP contribution is 2.53. The number of anilines is 1. The van der Waals surface area contributed by atoms with Crippen LogP contribution in [0.4, 0.5) is 23.7 Å². The van der Waals surface area contributed by atoms with Gasteiger partial charge in [-0.1, -0.05) is 11.6 Å². The van der Waals surface area contributed by atoms with Crippen LogP contribution in [-0.2, 0) is 20.6 Å². The lowest BCUT2D eigenvalue weighted by Gasteiger charge is -2.43. The number of carbonyl (C=O) groups excluding carboxylic acids is 4. The van der Waals surface area contributed by atoms with Crippen LogP contribution < -0.4 is 11.1 Å². The average molecular weight is 574 g/mol. The van der Waals surface area contributed by atoms with Crippen molar-refractivity contribution in [1.82, 2.24) is 14.7 Å². The number of piperidine rings is 1. The predicted molar refractivity (Wildman–Crippen MR) is 134 cm³/mol. The Hall–Kier alpha value is -3.06. The van der Waals surface area contributed by atoms with Gasteiger partial charge in [0.2, 0.25) is 17.7 Å². The van der Waals surface area contributed by atoms with E-state index in [0.29, 0.717) is 6.54 Å². The fourth-order valence-corrected chi connectivity index (χ4v) is 5.59. The Kier molecular flexibility index (Phi) is 8.04. The fourth-order valence-electron chi connectivity index (χ4n) is 5.30. The molecule has 5 amide bonds. The first-order valence-electron chi connectivity index (χ1n) is 12.7. The van der Waals surface area contributed by atoms with Gasteiger partial charge in [0, 0.05) is 31.7 Å². The third-order valence-corrected chi connectivity index (χ3v) is 8.30. The van der Waals surface area contributed by atoms with Gasteiger partial charge >= 0.3 is 12.2 Å². The minimum Gasteiger partial charge on any atom is -0.391 e. The zero-order valence-corrected chi connectivity index (χ0v) is 22.1. The Morgan fingerprint density at radius 3 is 2.46 bits per heavy atom. The van der Waals surface area contributed by atoms with Crippen molar-refractivity contribution in [3.05, 3.63) is 28.8 Å². The summed E-state index contributed by atoms with van der Waals surface area (Å²) in [6.07, 6.45) is -2.10. The summed E-state index contributed by atoms with van der Waals surface area (Å²) in [5.74, 6) is -1.54. The number of β-amino-alcohol motifs (C(OH)–C–C–N with tert-alkyl or cyclic N) is 1. The van der Waals surface area contributed by atoms with E-state index in [-0.39, 0.29) is 49.5 Å². The van der Waals surface area contributed by atoms with Crippen LogP contribution in [0.1, 0.15) is 44.6 Å². The number of urea groups is 1. The van der Waals surface area contributed by atoms with E-state index in [0.717, 1.165) is 42.4 Å². The minimum atomic E-state index is -4.66. The zero-order chi connectivity index (χ0) is 28.7. The minimum absolute atomic E-state index is 0.0235. The Morgan fingerprint density at radius 2 is 1.90 bits per heavy atom. The number of hydrogen-bond donors (Lipinski definition) is 3. The smallest absolute Gasteiger partial charge is 0.391 e. The zero-order valence-electron chi connectivity index (χ0n) is 21.3. The summed E-state index contributed by atoms with van der Waals surface area (Å²) < 4.78 is 38.9. The number of amides is 5. The molecule has 1 aromatic carbocycles. The quantitative estimate of drug-likeness (QED) is 0.480. The largest absolute Gasteiger partial charge is 0.417 e. The van der Waals surface area contributed by atoms with E-state index >= 15 is 0 Å². The number of nitrogens with two attached hydrogens (primary N) is 1. The summed E-state index contributed by atoms with van der Waals surface area (Å²) >= 11 is 5.72. The molecule has 4 N–H and O–H groups in total. The Morgan fingerprint density at radius 1 is 1.21 bits per heavy atom. The second-order valence-electron chi connectivity index (χ2n) is 10.5. The normalized spacial score (nSPS) is 24.6. The van der Waals surface area contributed by atoms with Gasteiger partial charge in [-0.3, -0.25) is 14.4 Å². The number of nitrogens with one attached hydrogen (secondary N) is 1. The van der Waals surface area contributed by atoms with Crippen LogP contribution in [0, 0.1) is 5.41 Å².